The van der Waals surface area contributed by atoms with Crippen LogP contribution in [0.1, 0.15) is 101 Å². The zero-order valence-electron chi connectivity index (χ0n) is 37.0. The van der Waals surface area contributed by atoms with Crippen molar-refractivity contribution in [1.82, 2.24) is 0 Å². The van der Waals surface area contributed by atoms with E-state index in [0.29, 0.717) is 11.5 Å². The lowest BCUT2D eigenvalue weighted by atomic mass is 9.48. The average molecular weight is 841 g/mol. The molecule has 6 nitrogen and oxygen atoms in total. The third-order valence-electron chi connectivity index (χ3n) is 12.4. The third-order valence-corrected chi connectivity index (χ3v) is 13.6. The number of para-hydroxylation sites is 3. The standard InChI is InChI=1S/C52H58O6P2/c1-48(2,3)36-23-17-22-32(46(36)53-40-26-18-28-42-44(40)33-20-13-15-24-38(33)55-59-57-42)35-30-52(50(7,8)9,51(10,11)12)31-37(49(4,5)6)47(35)54-41-27-19-29-43-45(41)34-21-14-16-25-39(34)56-60-58-43/h13-30,59-60H,31H2,1-12H3. The molecule has 2 unspecified atom stereocenters. The summed E-state index contributed by atoms with van der Waals surface area (Å²) in [5.74, 6) is 3.00. The maximum Gasteiger partial charge on any atom is 0.201 e. The Morgan fingerprint density at radius 2 is 0.967 bits per heavy atom. The Hall–Kier alpha value is -5.02. The van der Waals surface area contributed by atoms with Crippen LogP contribution in [0.2, 0.25) is 0 Å². The van der Waals surface area contributed by atoms with E-state index in [1.165, 1.54) is 5.57 Å². The van der Waals surface area contributed by atoms with Gasteiger partial charge in [-0.15, -0.1) is 0 Å². The zero-order chi connectivity index (χ0) is 42.8. The van der Waals surface area contributed by atoms with Crippen molar-refractivity contribution in [3.05, 3.63) is 132 Å². The molecule has 1 aliphatic carbocycles. The molecule has 7 aromatic rings. The summed E-state index contributed by atoms with van der Waals surface area (Å²) in [5, 5.41) is 3.59. The van der Waals surface area contributed by atoms with E-state index < -0.39 is 0 Å². The molecule has 312 valence electrons. The topological polar surface area (TPSA) is 71.0 Å². The Morgan fingerprint density at radius 3 is 1.47 bits per heavy atom. The van der Waals surface area contributed by atoms with E-state index in [9.17, 15) is 0 Å². The number of allylic oxidation sites excluding steroid dienone is 3. The molecule has 0 saturated carbocycles. The van der Waals surface area contributed by atoms with Crippen LogP contribution in [0.25, 0.3) is 49.5 Å². The maximum atomic E-state index is 7.56. The van der Waals surface area contributed by atoms with Gasteiger partial charge in [0.2, 0.25) is 17.3 Å². The maximum absolute atomic E-state index is 7.56. The molecule has 0 amide bonds. The van der Waals surface area contributed by atoms with Crippen molar-refractivity contribution >= 4 is 66.8 Å². The first-order chi connectivity index (χ1) is 28.3. The van der Waals surface area contributed by atoms with Crippen LogP contribution < -0.4 is 9.47 Å². The van der Waals surface area contributed by atoms with E-state index in [1.807, 2.05) is 66.7 Å². The third kappa shape index (κ3) is 7.41. The molecule has 0 fully saturated rings. The van der Waals surface area contributed by atoms with Crippen LogP contribution in [-0.4, -0.2) is 0 Å². The smallest absolute Gasteiger partial charge is 0.201 e. The van der Waals surface area contributed by atoms with Crippen molar-refractivity contribution in [2.45, 2.75) is 94.9 Å². The van der Waals surface area contributed by atoms with E-state index >= 15 is 0 Å². The van der Waals surface area contributed by atoms with Gasteiger partial charge in [-0.05, 0) is 70.1 Å². The predicted molar refractivity (Wildman–Crippen MR) is 252 cm³/mol. The Kier molecular flexibility index (Phi) is 10.5. The number of hydrogen-bond donors (Lipinski definition) is 0. The largest absolute Gasteiger partial charge is 0.456 e. The predicted octanol–water partition coefficient (Wildman–Crippen LogP) is 17.3. The fraction of sp³-hybridized carbons (Fsp3) is 0.346. The summed E-state index contributed by atoms with van der Waals surface area (Å²) < 4.78 is 39.8. The van der Waals surface area contributed by atoms with Crippen molar-refractivity contribution < 1.29 is 26.3 Å². The van der Waals surface area contributed by atoms with E-state index in [0.717, 1.165) is 78.5 Å². The van der Waals surface area contributed by atoms with Crippen LogP contribution in [0.4, 0.5) is 0 Å². The Bertz CT molecular complexity index is 2890. The lowest BCUT2D eigenvalue weighted by Gasteiger charge is -2.56. The van der Waals surface area contributed by atoms with Gasteiger partial charge in [-0.1, -0.05) is 156 Å². The fourth-order valence-corrected chi connectivity index (χ4v) is 10.3. The van der Waals surface area contributed by atoms with Gasteiger partial charge < -0.3 is 26.3 Å². The Balaban J connectivity index is 1.48. The average Bonchev–Trinajstić information content (AvgIpc) is 3.49. The SMILES string of the molecule is CC(C)(C)C1=C(Oc2cccc3o[pH]oc4ccccc4c23)C(c2cccc(C(C)(C)C)c2Oc2cccc3o[pH]oc4ccccc4c23)=CC(C(C)(C)C)(C(C)(C)C)C1. The molecule has 1 aliphatic rings. The van der Waals surface area contributed by atoms with Gasteiger partial charge in [0, 0.05) is 32.9 Å². The molecule has 2 heterocycles. The minimum Gasteiger partial charge on any atom is -0.456 e. The summed E-state index contributed by atoms with van der Waals surface area (Å²) in [6.07, 6.45) is 3.34. The molecule has 0 radical (unpaired) electrons. The summed E-state index contributed by atoms with van der Waals surface area (Å²) in [4.78, 5) is 0. The van der Waals surface area contributed by atoms with Crippen LogP contribution in [0.5, 0.6) is 17.2 Å². The molecule has 0 spiro atoms. The monoisotopic (exact) mass is 840 g/mol. The van der Waals surface area contributed by atoms with Gasteiger partial charge in [0.1, 0.15) is 45.3 Å². The van der Waals surface area contributed by atoms with E-state index in [1.54, 1.807) is 0 Å². The summed E-state index contributed by atoms with van der Waals surface area (Å²) in [6.45, 7) is 28.0. The Morgan fingerprint density at radius 1 is 0.500 bits per heavy atom. The second-order valence-corrected chi connectivity index (χ2v) is 21.4. The van der Waals surface area contributed by atoms with Crippen LogP contribution in [0.15, 0.2) is 137 Å². The first-order valence-electron chi connectivity index (χ1n) is 20.9. The molecule has 8 rings (SSSR count). The number of hydrogen-bond acceptors (Lipinski definition) is 6. The van der Waals surface area contributed by atoms with Gasteiger partial charge in [0.25, 0.3) is 0 Å². The highest BCUT2D eigenvalue weighted by Gasteiger charge is 2.53. The quantitative estimate of drug-likeness (QED) is 0.172. The molecule has 0 bridgehead atoms. The molecule has 0 aliphatic heterocycles. The first kappa shape index (κ1) is 41.7. The highest BCUT2D eigenvalue weighted by molar-refractivity contribution is 7.15. The number of ether oxygens (including phenoxy) is 2. The molecular formula is C52H58O6P2. The van der Waals surface area contributed by atoms with Gasteiger partial charge in [0.05, 0.1) is 10.8 Å². The molecule has 60 heavy (non-hydrogen) atoms. The molecular weight excluding hydrogens is 783 g/mol. The summed E-state index contributed by atoms with van der Waals surface area (Å²) in [6, 6.07) is 34.8. The molecule has 0 saturated heterocycles. The van der Waals surface area contributed by atoms with Crippen molar-refractivity contribution in [1.29, 1.82) is 0 Å². The molecule has 5 aromatic carbocycles. The normalized spacial score (nSPS) is 15.4. The van der Waals surface area contributed by atoms with Crippen molar-refractivity contribution in [3.63, 3.8) is 0 Å². The van der Waals surface area contributed by atoms with E-state index in [2.05, 4.69) is 126 Å². The van der Waals surface area contributed by atoms with Gasteiger partial charge >= 0.3 is 0 Å². The van der Waals surface area contributed by atoms with E-state index in [4.69, 9.17) is 26.3 Å². The zero-order valence-corrected chi connectivity index (χ0v) is 39.0. The number of benzene rings is 5. The molecule has 0 N–H and O–H groups in total. The fourth-order valence-electron chi connectivity index (χ4n) is 9.20. The van der Waals surface area contributed by atoms with Crippen molar-refractivity contribution in [3.8, 4) is 17.2 Å². The van der Waals surface area contributed by atoms with Gasteiger partial charge in [-0.3, -0.25) is 0 Å². The minimum absolute atomic E-state index is 0.144. The number of rotatable bonds is 5. The van der Waals surface area contributed by atoms with Gasteiger partial charge in [-0.2, -0.15) is 0 Å². The van der Waals surface area contributed by atoms with Crippen molar-refractivity contribution in [2.75, 3.05) is 0 Å². The minimum atomic E-state index is -0.299. The van der Waals surface area contributed by atoms with E-state index in [-0.39, 0.29) is 44.4 Å². The summed E-state index contributed by atoms with van der Waals surface area (Å²) in [7, 11) is -0.348. The number of fused-ring (bicyclic) bond motifs is 6. The summed E-state index contributed by atoms with van der Waals surface area (Å²) >= 11 is 0. The lowest BCUT2D eigenvalue weighted by Crippen LogP contribution is -2.47. The summed E-state index contributed by atoms with van der Waals surface area (Å²) in [5.41, 5.74) is 6.10. The molecule has 2 atom stereocenters. The van der Waals surface area contributed by atoms with Gasteiger partial charge in [0.15, 0.2) is 0 Å². The highest BCUT2D eigenvalue weighted by Crippen LogP contribution is 2.63. The second-order valence-electron chi connectivity index (χ2n) is 20.2. The highest BCUT2D eigenvalue weighted by atomic mass is 31.1. The molecule has 8 heteroatoms. The van der Waals surface area contributed by atoms with Crippen LogP contribution in [0, 0.1) is 21.7 Å². The molecule has 2 aromatic heterocycles. The van der Waals surface area contributed by atoms with Crippen LogP contribution in [-0.2, 0) is 5.41 Å². The van der Waals surface area contributed by atoms with Crippen molar-refractivity contribution in [2.24, 2.45) is 21.7 Å². The lowest BCUT2D eigenvalue weighted by molar-refractivity contribution is 0.0113. The van der Waals surface area contributed by atoms with Crippen LogP contribution in [0.3, 0.4) is 0 Å². The Labute approximate surface area is 357 Å². The second kappa shape index (κ2) is 15.2. The first-order valence-corrected chi connectivity index (χ1v) is 22.5. The van der Waals surface area contributed by atoms with Gasteiger partial charge in [-0.25, -0.2) is 0 Å². The van der Waals surface area contributed by atoms with Crippen LogP contribution >= 0.6 is 17.3 Å².